The third-order valence-corrected chi connectivity index (χ3v) is 3.31. The number of aromatic nitrogens is 2. The summed E-state index contributed by atoms with van der Waals surface area (Å²) >= 11 is 1.35. The van der Waals surface area contributed by atoms with Crippen LogP contribution in [0, 0.1) is 5.92 Å². The molecule has 7 heteroatoms. The minimum Gasteiger partial charge on any atom is -0.377 e. The molecule has 0 aromatic carbocycles. The molecule has 0 saturated carbocycles. The van der Waals surface area contributed by atoms with Gasteiger partial charge in [0.05, 0.1) is 5.92 Å². The SMILES string of the molecule is CNC(=O)C1CN(c2nc(COC)ns2)C1. The lowest BCUT2D eigenvalue weighted by Gasteiger charge is -2.37. The van der Waals surface area contributed by atoms with Gasteiger partial charge < -0.3 is 15.0 Å². The van der Waals surface area contributed by atoms with E-state index in [9.17, 15) is 4.79 Å². The Labute approximate surface area is 97.8 Å². The van der Waals surface area contributed by atoms with Gasteiger partial charge in [-0.25, -0.2) is 4.98 Å². The number of anilines is 1. The van der Waals surface area contributed by atoms with Gasteiger partial charge in [-0.2, -0.15) is 4.37 Å². The Kier molecular flexibility index (Phi) is 3.35. The average molecular weight is 242 g/mol. The number of carbonyl (C=O) groups excluding carboxylic acids is 1. The Morgan fingerprint density at radius 1 is 1.69 bits per heavy atom. The Morgan fingerprint density at radius 3 is 3.06 bits per heavy atom. The van der Waals surface area contributed by atoms with Crippen molar-refractivity contribution in [2.75, 3.05) is 32.1 Å². The maximum Gasteiger partial charge on any atom is 0.226 e. The van der Waals surface area contributed by atoms with Gasteiger partial charge in [0.1, 0.15) is 6.61 Å². The first-order chi connectivity index (χ1) is 7.74. The van der Waals surface area contributed by atoms with Crippen molar-refractivity contribution in [3.63, 3.8) is 0 Å². The van der Waals surface area contributed by atoms with E-state index in [1.807, 2.05) is 0 Å². The molecule has 1 aromatic heterocycles. The number of hydrogen-bond donors (Lipinski definition) is 1. The molecule has 0 radical (unpaired) electrons. The maximum absolute atomic E-state index is 11.3. The fourth-order valence-corrected chi connectivity index (χ4v) is 2.26. The molecule has 2 heterocycles. The summed E-state index contributed by atoms with van der Waals surface area (Å²) in [7, 11) is 3.28. The van der Waals surface area contributed by atoms with Crippen molar-refractivity contribution in [3.8, 4) is 0 Å². The third-order valence-electron chi connectivity index (χ3n) is 2.50. The van der Waals surface area contributed by atoms with Crippen molar-refractivity contribution in [2.45, 2.75) is 6.61 Å². The second-order valence-corrected chi connectivity index (χ2v) is 4.37. The largest absolute Gasteiger partial charge is 0.377 e. The van der Waals surface area contributed by atoms with Crippen LogP contribution in [0.4, 0.5) is 5.13 Å². The fraction of sp³-hybridized carbons (Fsp3) is 0.667. The summed E-state index contributed by atoms with van der Waals surface area (Å²) in [5.74, 6) is 0.878. The Hall–Kier alpha value is -1.21. The molecule has 0 bridgehead atoms. The van der Waals surface area contributed by atoms with Gasteiger partial charge in [0.2, 0.25) is 11.0 Å². The van der Waals surface area contributed by atoms with Gasteiger partial charge in [0.25, 0.3) is 0 Å². The van der Waals surface area contributed by atoms with Gasteiger partial charge in [-0.1, -0.05) is 0 Å². The predicted octanol–water partition coefficient (Wildman–Crippen LogP) is -0.133. The maximum atomic E-state index is 11.3. The van der Waals surface area contributed by atoms with Crippen molar-refractivity contribution in [2.24, 2.45) is 5.92 Å². The van der Waals surface area contributed by atoms with Gasteiger partial charge in [-0.05, 0) is 0 Å². The summed E-state index contributed by atoms with van der Waals surface area (Å²) in [6.07, 6.45) is 0. The van der Waals surface area contributed by atoms with E-state index in [-0.39, 0.29) is 11.8 Å². The molecule has 1 fully saturated rings. The zero-order valence-electron chi connectivity index (χ0n) is 9.27. The Bertz CT molecular complexity index is 375. The summed E-state index contributed by atoms with van der Waals surface area (Å²) in [6, 6.07) is 0. The standard InChI is InChI=1S/C9H14N4O2S/c1-10-8(14)6-3-13(4-6)9-11-7(5-15-2)12-16-9/h6H,3-5H2,1-2H3,(H,10,14). The summed E-state index contributed by atoms with van der Waals surface area (Å²) in [4.78, 5) is 17.7. The zero-order valence-corrected chi connectivity index (χ0v) is 10.1. The van der Waals surface area contributed by atoms with E-state index in [0.717, 1.165) is 18.2 Å². The number of nitrogens with one attached hydrogen (secondary N) is 1. The molecule has 0 spiro atoms. The molecule has 88 valence electrons. The third kappa shape index (κ3) is 2.14. The van der Waals surface area contributed by atoms with E-state index in [1.165, 1.54) is 11.5 Å². The minimum absolute atomic E-state index is 0.0831. The average Bonchev–Trinajstić information content (AvgIpc) is 2.64. The summed E-state index contributed by atoms with van der Waals surface area (Å²) in [5, 5.41) is 3.51. The molecule has 1 aliphatic rings. The number of rotatable bonds is 4. The highest BCUT2D eigenvalue weighted by Crippen LogP contribution is 2.26. The van der Waals surface area contributed by atoms with Crippen LogP contribution in [0.25, 0.3) is 0 Å². The summed E-state index contributed by atoms with van der Waals surface area (Å²) in [6.45, 7) is 1.88. The van der Waals surface area contributed by atoms with E-state index < -0.39 is 0 Å². The molecular weight excluding hydrogens is 228 g/mol. The molecule has 0 aliphatic carbocycles. The Balaban J connectivity index is 1.88. The van der Waals surface area contributed by atoms with Crippen LogP contribution in [0.2, 0.25) is 0 Å². The van der Waals surface area contributed by atoms with Crippen LogP contribution in [0.5, 0.6) is 0 Å². The van der Waals surface area contributed by atoms with Crippen LogP contribution in [0.1, 0.15) is 5.82 Å². The van der Waals surface area contributed by atoms with Crippen molar-refractivity contribution >= 4 is 22.6 Å². The molecule has 1 aromatic rings. The van der Waals surface area contributed by atoms with E-state index in [2.05, 4.69) is 19.6 Å². The molecule has 2 rings (SSSR count). The summed E-state index contributed by atoms with van der Waals surface area (Å²) < 4.78 is 9.11. The van der Waals surface area contributed by atoms with Crippen LogP contribution in [0.3, 0.4) is 0 Å². The number of methoxy groups -OCH3 is 1. The quantitative estimate of drug-likeness (QED) is 0.796. The van der Waals surface area contributed by atoms with E-state index >= 15 is 0 Å². The number of nitrogens with zero attached hydrogens (tertiary/aromatic N) is 3. The molecule has 1 saturated heterocycles. The van der Waals surface area contributed by atoms with Gasteiger partial charge in [0, 0.05) is 38.8 Å². The van der Waals surface area contributed by atoms with Crippen LogP contribution >= 0.6 is 11.5 Å². The molecular formula is C9H14N4O2S. The Morgan fingerprint density at radius 2 is 2.44 bits per heavy atom. The monoisotopic (exact) mass is 242 g/mol. The highest BCUT2D eigenvalue weighted by atomic mass is 32.1. The number of hydrogen-bond acceptors (Lipinski definition) is 6. The second-order valence-electron chi connectivity index (χ2n) is 3.64. The first kappa shape index (κ1) is 11.3. The van der Waals surface area contributed by atoms with Crippen LogP contribution < -0.4 is 10.2 Å². The molecule has 1 N–H and O–H groups in total. The number of amides is 1. The van der Waals surface area contributed by atoms with Crippen molar-refractivity contribution in [1.29, 1.82) is 0 Å². The van der Waals surface area contributed by atoms with Gasteiger partial charge >= 0.3 is 0 Å². The zero-order chi connectivity index (χ0) is 11.5. The highest BCUT2D eigenvalue weighted by molar-refractivity contribution is 7.09. The second kappa shape index (κ2) is 4.75. The molecule has 6 nitrogen and oxygen atoms in total. The normalized spacial score (nSPS) is 16.0. The summed E-state index contributed by atoms with van der Waals surface area (Å²) in [5.41, 5.74) is 0. The minimum atomic E-state index is 0.0831. The molecule has 1 amide bonds. The van der Waals surface area contributed by atoms with Gasteiger partial charge in [-0.3, -0.25) is 4.79 Å². The molecule has 1 aliphatic heterocycles. The molecule has 0 atom stereocenters. The molecule has 0 unspecified atom stereocenters. The van der Waals surface area contributed by atoms with Gasteiger partial charge in [-0.15, -0.1) is 0 Å². The van der Waals surface area contributed by atoms with Crippen molar-refractivity contribution in [3.05, 3.63) is 5.82 Å². The van der Waals surface area contributed by atoms with E-state index in [1.54, 1.807) is 14.2 Å². The van der Waals surface area contributed by atoms with Crippen molar-refractivity contribution in [1.82, 2.24) is 14.7 Å². The lowest BCUT2D eigenvalue weighted by atomic mass is 10.0. The number of ether oxygens (including phenoxy) is 1. The molecule has 16 heavy (non-hydrogen) atoms. The van der Waals surface area contributed by atoms with Crippen molar-refractivity contribution < 1.29 is 9.53 Å². The highest BCUT2D eigenvalue weighted by Gasteiger charge is 2.33. The van der Waals surface area contributed by atoms with Crippen LogP contribution in [-0.4, -0.2) is 42.5 Å². The lowest BCUT2D eigenvalue weighted by molar-refractivity contribution is -0.125. The topological polar surface area (TPSA) is 67.4 Å². The first-order valence-electron chi connectivity index (χ1n) is 5.02. The van der Waals surface area contributed by atoms with Gasteiger partial charge in [0.15, 0.2) is 5.82 Å². The number of carbonyl (C=O) groups is 1. The first-order valence-corrected chi connectivity index (χ1v) is 5.80. The predicted molar refractivity (Wildman–Crippen MR) is 60.4 cm³/mol. The van der Waals surface area contributed by atoms with E-state index in [0.29, 0.717) is 12.4 Å². The fourth-order valence-electron chi connectivity index (χ4n) is 1.57. The van der Waals surface area contributed by atoms with Crippen LogP contribution in [-0.2, 0) is 16.1 Å². The van der Waals surface area contributed by atoms with Crippen LogP contribution in [0.15, 0.2) is 0 Å². The lowest BCUT2D eigenvalue weighted by Crippen LogP contribution is -2.53. The van der Waals surface area contributed by atoms with E-state index in [4.69, 9.17) is 4.74 Å². The smallest absolute Gasteiger partial charge is 0.226 e.